The summed E-state index contributed by atoms with van der Waals surface area (Å²) in [7, 11) is 0. The molecule has 7 aliphatic rings. The highest BCUT2D eigenvalue weighted by atomic mass is 16.8. The van der Waals surface area contributed by atoms with Gasteiger partial charge in [0.2, 0.25) is 0 Å². The molecule has 0 aromatic carbocycles. The Balaban J connectivity index is 1.16. The van der Waals surface area contributed by atoms with E-state index in [1.165, 1.54) is 5.57 Å². The Morgan fingerprint density at radius 1 is 0.709 bits per heavy atom. The second-order valence-corrected chi connectivity index (χ2v) is 20.7. The largest absolute Gasteiger partial charge is 0.396 e. The van der Waals surface area contributed by atoms with Crippen LogP contribution in [0.2, 0.25) is 0 Å². The Morgan fingerprint density at radius 2 is 1.33 bits per heavy atom. The highest BCUT2D eigenvalue weighted by Gasteiger charge is 2.70. The van der Waals surface area contributed by atoms with Crippen LogP contribution in [-0.4, -0.2) is 134 Å². The van der Waals surface area contributed by atoms with E-state index in [4.69, 9.17) is 18.9 Å². The molecule has 13 nitrogen and oxygen atoms in total. The number of aliphatic hydroxyl groups is 8. The van der Waals surface area contributed by atoms with Gasteiger partial charge in [-0.2, -0.15) is 0 Å². The van der Waals surface area contributed by atoms with Crippen LogP contribution in [0, 0.1) is 50.2 Å². The third kappa shape index (κ3) is 6.27. The van der Waals surface area contributed by atoms with E-state index >= 15 is 0 Å². The van der Waals surface area contributed by atoms with Crippen molar-refractivity contribution in [3.8, 4) is 0 Å². The van der Waals surface area contributed by atoms with Gasteiger partial charge in [0, 0.05) is 12.5 Å². The van der Waals surface area contributed by atoms with E-state index < -0.39 is 86.1 Å². The van der Waals surface area contributed by atoms with E-state index in [-0.39, 0.29) is 57.2 Å². The molecule has 4 saturated carbocycles. The Labute approximate surface area is 325 Å². The van der Waals surface area contributed by atoms with E-state index in [1.807, 2.05) is 6.08 Å². The zero-order valence-corrected chi connectivity index (χ0v) is 33.8. The average Bonchev–Trinajstić information content (AvgIpc) is 3.13. The van der Waals surface area contributed by atoms with E-state index in [0.717, 1.165) is 44.9 Å². The molecule has 0 bridgehead atoms. The van der Waals surface area contributed by atoms with E-state index in [1.54, 1.807) is 0 Å². The zero-order valence-electron chi connectivity index (χ0n) is 33.8. The summed E-state index contributed by atoms with van der Waals surface area (Å²) in [6.07, 6.45) is -5.58. The van der Waals surface area contributed by atoms with Crippen molar-refractivity contribution >= 4 is 5.78 Å². The molecular formula is C42H68O13. The fourth-order valence-electron chi connectivity index (χ4n) is 13.4. The number of carbonyl (C=O) groups excluding carboxylic acids is 1. The summed E-state index contributed by atoms with van der Waals surface area (Å²) in [6, 6.07) is 0. The van der Waals surface area contributed by atoms with Crippen molar-refractivity contribution in [2.24, 2.45) is 50.2 Å². The SMILES string of the molecule is CC1(C)C2CC[C@]3(C)[C@H](C(=O)C=C4[C@@H]5C[C@@](C)(CO)CC[C@]5(C)CC[C@]43C)[C@@]2(C)CC[C@@H]1O[C@@H]1O[C@H](CO)[C@@H](O)[C@H](O)[C@H]1O[C@@H]1O[C@H](CO)[C@@H](O)[C@H](O)[C@H]1O. The third-order valence-electron chi connectivity index (χ3n) is 17.3. The van der Waals surface area contributed by atoms with Crippen LogP contribution < -0.4 is 0 Å². The van der Waals surface area contributed by atoms with Gasteiger partial charge in [-0.05, 0) is 108 Å². The molecule has 2 saturated heterocycles. The van der Waals surface area contributed by atoms with Crippen LogP contribution in [0.5, 0.6) is 0 Å². The van der Waals surface area contributed by atoms with E-state index in [0.29, 0.717) is 12.8 Å². The fourth-order valence-corrected chi connectivity index (χ4v) is 13.4. The lowest BCUT2D eigenvalue weighted by Gasteiger charge is -2.70. The Kier molecular flexibility index (Phi) is 10.9. The minimum Gasteiger partial charge on any atom is -0.396 e. The molecule has 5 aliphatic carbocycles. The van der Waals surface area contributed by atoms with Gasteiger partial charge < -0.3 is 59.8 Å². The van der Waals surface area contributed by atoms with Crippen LogP contribution in [0.3, 0.4) is 0 Å². The Hall–Kier alpha value is -1.07. The molecule has 19 atom stereocenters. The maximum Gasteiger partial charge on any atom is 0.187 e. The summed E-state index contributed by atoms with van der Waals surface area (Å²) in [5.41, 5.74) is -0.00646. The number of aliphatic hydroxyl groups excluding tert-OH is 8. The van der Waals surface area contributed by atoms with Gasteiger partial charge in [0.15, 0.2) is 18.4 Å². The van der Waals surface area contributed by atoms with Gasteiger partial charge in [-0.25, -0.2) is 0 Å². The van der Waals surface area contributed by atoms with Crippen molar-refractivity contribution in [1.82, 2.24) is 0 Å². The predicted molar refractivity (Wildman–Crippen MR) is 198 cm³/mol. The van der Waals surface area contributed by atoms with Gasteiger partial charge in [-0.15, -0.1) is 0 Å². The molecule has 55 heavy (non-hydrogen) atoms. The van der Waals surface area contributed by atoms with Crippen molar-refractivity contribution in [1.29, 1.82) is 0 Å². The summed E-state index contributed by atoms with van der Waals surface area (Å²) in [5, 5.41) is 83.8. The summed E-state index contributed by atoms with van der Waals surface area (Å²) < 4.78 is 24.3. The molecule has 6 fully saturated rings. The molecule has 2 heterocycles. The number of carbonyl (C=O) groups is 1. The second-order valence-electron chi connectivity index (χ2n) is 20.7. The molecule has 0 amide bonds. The first-order chi connectivity index (χ1) is 25.6. The first kappa shape index (κ1) is 42.1. The van der Waals surface area contributed by atoms with Gasteiger partial charge >= 0.3 is 0 Å². The topological polar surface area (TPSA) is 216 Å². The molecule has 1 unspecified atom stereocenters. The molecule has 314 valence electrons. The lowest BCUT2D eigenvalue weighted by Crippen LogP contribution is -2.68. The maximum absolute atomic E-state index is 14.8. The third-order valence-corrected chi connectivity index (χ3v) is 17.3. The predicted octanol–water partition coefficient (Wildman–Crippen LogP) is 1.97. The first-order valence-corrected chi connectivity index (χ1v) is 20.8. The van der Waals surface area contributed by atoms with Gasteiger partial charge in [0.1, 0.15) is 48.8 Å². The molecule has 2 aliphatic heterocycles. The number of ether oxygens (including phenoxy) is 4. The number of ketones is 1. The van der Waals surface area contributed by atoms with Crippen LogP contribution in [0.25, 0.3) is 0 Å². The average molecular weight is 781 g/mol. The number of rotatable bonds is 7. The van der Waals surface area contributed by atoms with Gasteiger partial charge in [0.25, 0.3) is 0 Å². The van der Waals surface area contributed by atoms with Crippen LogP contribution >= 0.6 is 0 Å². The molecule has 0 aromatic heterocycles. The van der Waals surface area contributed by atoms with Gasteiger partial charge in [0.05, 0.1) is 19.3 Å². The normalized spacial score (nSPS) is 55.0. The molecule has 8 N–H and O–H groups in total. The van der Waals surface area contributed by atoms with Crippen molar-refractivity contribution in [2.75, 3.05) is 19.8 Å². The standard InChI is InChI=1S/C42H68O13/c1-37(2)26-8-11-42(7)34(23(46)16-21-22-17-38(3,20-45)12-13-39(22,4)14-15-41(21,42)6)40(26,5)10-9-27(37)54-36-33(31(50)29(48)25(19-44)53-36)55-35-32(51)30(49)28(47)24(18-43)52-35/h16,22,24-36,43-45,47-51H,8-15,17-20H2,1-7H3/t22-,24+,25+,26?,27-,28+,29+,30-,31-,32+,33+,34+,35-,36-,38-,39+,40-,41+,42+/m0/s1. The molecular weight excluding hydrogens is 712 g/mol. The molecule has 0 radical (unpaired) electrons. The van der Waals surface area contributed by atoms with E-state index in [2.05, 4.69) is 48.5 Å². The smallest absolute Gasteiger partial charge is 0.187 e. The Morgan fingerprint density at radius 3 is 1.96 bits per heavy atom. The molecule has 7 rings (SSSR count). The van der Waals surface area contributed by atoms with Gasteiger partial charge in [-0.3, -0.25) is 4.79 Å². The highest BCUT2D eigenvalue weighted by molar-refractivity contribution is 5.95. The number of allylic oxidation sites excluding steroid dienone is 2. The van der Waals surface area contributed by atoms with Crippen LogP contribution in [0.1, 0.15) is 106 Å². The van der Waals surface area contributed by atoms with Crippen molar-refractivity contribution < 1.29 is 64.6 Å². The molecule has 0 aromatic rings. The first-order valence-electron chi connectivity index (χ1n) is 20.8. The quantitative estimate of drug-likeness (QED) is 0.174. The van der Waals surface area contributed by atoms with Crippen molar-refractivity contribution in [2.45, 2.75) is 174 Å². The Bertz CT molecular complexity index is 1490. The second kappa shape index (κ2) is 14.3. The zero-order chi connectivity index (χ0) is 40.3. The summed E-state index contributed by atoms with van der Waals surface area (Å²) in [6.45, 7) is 14.8. The van der Waals surface area contributed by atoms with Gasteiger partial charge in [-0.1, -0.05) is 54.0 Å². The number of fused-ring (bicyclic) bond motifs is 7. The minimum atomic E-state index is -1.76. The summed E-state index contributed by atoms with van der Waals surface area (Å²) in [5.74, 6) is 0.339. The van der Waals surface area contributed by atoms with Crippen LogP contribution in [-0.2, 0) is 23.7 Å². The lowest BCUT2D eigenvalue weighted by atomic mass is 9.33. The number of hydrogen-bond donors (Lipinski definition) is 8. The van der Waals surface area contributed by atoms with Crippen LogP contribution in [0.15, 0.2) is 11.6 Å². The van der Waals surface area contributed by atoms with E-state index in [9.17, 15) is 45.6 Å². The van der Waals surface area contributed by atoms with Crippen molar-refractivity contribution in [3.63, 3.8) is 0 Å². The van der Waals surface area contributed by atoms with Crippen molar-refractivity contribution in [3.05, 3.63) is 11.6 Å². The maximum atomic E-state index is 14.8. The van der Waals surface area contributed by atoms with Crippen LogP contribution in [0.4, 0.5) is 0 Å². The minimum absolute atomic E-state index is 0.0677. The fraction of sp³-hybridized carbons (Fsp3) is 0.929. The summed E-state index contributed by atoms with van der Waals surface area (Å²) >= 11 is 0. The molecule has 0 spiro atoms. The molecule has 13 heteroatoms. The monoisotopic (exact) mass is 780 g/mol. The highest BCUT2D eigenvalue weighted by Crippen LogP contribution is 2.75. The lowest BCUT2D eigenvalue weighted by molar-refractivity contribution is -0.378. The summed E-state index contributed by atoms with van der Waals surface area (Å²) in [4.78, 5) is 14.8. The number of hydrogen-bond acceptors (Lipinski definition) is 13.